The van der Waals surface area contributed by atoms with Crippen molar-refractivity contribution in [3.63, 3.8) is 0 Å². The largest absolute Gasteiger partial charge is 0.457 e. The highest BCUT2D eigenvalue weighted by Crippen LogP contribution is 2.27. The molecular formula is C27H24N2O6S2. The van der Waals surface area contributed by atoms with E-state index in [1.165, 1.54) is 48.5 Å². The standard InChI is InChI=1S/C27H24N2O6S2/c1-19-7-9-20(10-8-19)18-29-27(30)26(36(31,32)23-5-3-2-4-6-23)17-22-13-16-25(35-22)21-11-14-24(15-12-21)37(28,33)34/h2-17H,18H2,1H3,(H,29,30)(H2,28,33,34)/b26-17+. The number of rotatable bonds is 8. The fraction of sp³-hybridized carbons (Fsp3) is 0.0741. The molecule has 1 amide bonds. The second-order valence-electron chi connectivity index (χ2n) is 8.26. The summed E-state index contributed by atoms with van der Waals surface area (Å²) in [5.74, 6) is -0.297. The van der Waals surface area contributed by atoms with E-state index in [0.29, 0.717) is 11.3 Å². The number of sulfone groups is 1. The highest BCUT2D eigenvalue weighted by atomic mass is 32.2. The van der Waals surface area contributed by atoms with Crippen molar-refractivity contribution in [1.82, 2.24) is 5.32 Å². The van der Waals surface area contributed by atoms with E-state index in [4.69, 9.17) is 9.56 Å². The fourth-order valence-corrected chi connectivity index (χ4v) is 5.36. The molecule has 0 atom stereocenters. The van der Waals surface area contributed by atoms with Gasteiger partial charge < -0.3 is 9.73 Å². The monoisotopic (exact) mass is 536 g/mol. The lowest BCUT2D eigenvalue weighted by Crippen LogP contribution is -2.28. The van der Waals surface area contributed by atoms with E-state index in [1.807, 2.05) is 31.2 Å². The molecule has 0 aliphatic rings. The second kappa shape index (κ2) is 10.6. The average Bonchev–Trinajstić information content (AvgIpc) is 3.35. The smallest absolute Gasteiger partial charge is 0.263 e. The molecule has 37 heavy (non-hydrogen) atoms. The quantitative estimate of drug-likeness (QED) is 0.326. The Morgan fingerprint density at radius 3 is 2.11 bits per heavy atom. The zero-order valence-corrected chi connectivity index (χ0v) is 21.4. The number of hydrogen-bond donors (Lipinski definition) is 2. The van der Waals surface area contributed by atoms with Crippen LogP contribution in [-0.4, -0.2) is 22.7 Å². The Bertz CT molecular complexity index is 1650. The average molecular weight is 537 g/mol. The maximum absolute atomic E-state index is 13.4. The summed E-state index contributed by atoms with van der Waals surface area (Å²) in [4.78, 5) is 12.6. The first kappa shape index (κ1) is 26.1. The first-order valence-electron chi connectivity index (χ1n) is 11.1. The minimum atomic E-state index is -4.18. The SMILES string of the molecule is Cc1ccc(CNC(=O)/C(=C\c2ccc(-c3ccc(S(N)(=O)=O)cc3)o2)S(=O)(=O)c2ccccc2)cc1. The number of aryl methyl sites for hydroxylation is 1. The van der Waals surface area contributed by atoms with Gasteiger partial charge >= 0.3 is 0 Å². The number of carbonyl (C=O) groups is 1. The van der Waals surface area contributed by atoms with E-state index in [0.717, 1.165) is 11.1 Å². The minimum Gasteiger partial charge on any atom is -0.457 e. The Morgan fingerprint density at radius 2 is 1.49 bits per heavy atom. The molecule has 8 nitrogen and oxygen atoms in total. The predicted molar refractivity (Wildman–Crippen MR) is 140 cm³/mol. The molecule has 10 heteroatoms. The van der Waals surface area contributed by atoms with Crippen LogP contribution in [-0.2, 0) is 31.2 Å². The van der Waals surface area contributed by atoms with Gasteiger partial charge in [-0.2, -0.15) is 0 Å². The summed E-state index contributed by atoms with van der Waals surface area (Å²) in [7, 11) is -8.02. The van der Waals surface area contributed by atoms with Crippen molar-refractivity contribution in [1.29, 1.82) is 0 Å². The van der Waals surface area contributed by atoms with Crippen LogP contribution < -0.4 is 10.5 Å². The summed E-state index contributed by atoms with van der Waals surface area (Å²) >= 11 is 0. The third kappa shape index (κ3) is 6.23. The Kier molecular flexibility index (Phi) is 7.44. The molecule has 190 valence electrons. The molecule has 3 N–H and O–H groups in total. The number of nitrogens with one attached hydrogen (secondary N) is 1. The molecule has 1 heterocycles. The summed E-state index contributed by atoms with van der Waals surface area (Å²) in [6.07, 6.45) is 1.18. The predicted octanol–water partition coefficient (Wildman–Crippen LogP) is 4.03. The fourth-order valence-electron chi connectivity index (χ4n) is 3.49. The van der Waals surface area contributed by atoms with E-state index >= 15 is 0 Å². The Hall–Kier alpha value is -3.99. The van der Waals surface area contributed by atoms with Gasteiger partial charge in [0.2, 0.25) is 19.9 Å². The van der Waals surface area contributed by atoms with E-state index in [-0.39, 0.29) is 22.1 Å². The van der Waals surface area contributed by atoms with Gasteiger partial charge in [-0.1, -0.05) is 48.0 Å². The van der Waals surface area contributed by atoms with Crippen LogP contribution in [0.1, 0.15) is 16.9 Å². The molecule has 0 bridgehead atoms. The van der Waals surface area contributed by atoms with Crippen LogP contribution in [0.15, 0.2) is 110 Å². The van der Waals surface area contributed by atoms with Crippen molar-refractivity contribution in [3.05, 3.63) is 113 Å². The molecule has 0 radical (unpaired) electrons. The zero-order chi connectivity index (χ0) is 26.6. The Balaban J connectivity index is 1.67. The van der Waals surface area contributed by atoms with Gasteiger partial charge in [-0.15, -0.1) is 0 Å². The number of nitrogens with two attached hydrogens (primary N) is 1. The molecule has 0 saturated carbocycles. The van der Waals surface area contributed by atoms with Crippen molar-refractivity contribution in [2.45, 2.75) is 23.3 Å². The van der Waals surface area contributed by atoms with Gasteiger partial charge in [-0.25, -0.2) is 22.0 Å². The maximum atomic E-state index is 13.4. The highest BCUT2D eigenvalue weighted by molar-refractivity contribution is 7.96. The molecule has 0 aliphatic carbocycles. The van der Waals surface area contributed by atoms with Gasteiger partial charge in [-0.05, 0) is 61.0 Å². The van der Waals surface area contributed by atoms with Crippen molar-refractivity contribution in [3.8, 4) is 11.3 Å². The van der Waals surface area contributed by atoms with Gasteiger partial charge in [0.05, 0.1) is 9.79 Å². The number of amides is 1. The van der Waals surface area contributed by atoms with Gasteiger partial charge in [0.15, 0.2) is 0 Å². The molecule has 0 fully saturated rings. The lowest BCUT2D eigenvalue weighted by molar-refractivity contribution is -0.116. The van der Waals surface area contributed by atoms with Crippen LogP contribution >= 0.6 is 0 Å². The Morgan fingerprint density at radius 1 is 0.838 bits per heavy atom. The van der Waals surface area contributed by atoms with Crippen LogP contribution in [0.25, 0.3) is 17.4 Å². The lowest BCUT2D eigenvalue weighted by atomic mass is 10.1. The highest BCUT2D eigenvalue weighted by Gasteiger charge is 2.27. The molecule has 4 aromatic rings. The van der Waals surface area contributed by atoms with Crippen LogP contribution in [0.2, 0.25) is 0 Å². The topological polar surface area (TPSA) is 137 Å². The van der Waals surface area contributed by atoms with Crippen molar-refractivity contribution in [2.24, 2.45) is 5.14 Å². The van der Waals surface area contributed by atoms with Crippen molar-refractivity contribution < 1.29 is 26.0 Å². The molecule has 1 aromatic heterocycles. The summed E-state index contributed by atoms with van der Waals surface area (Å²) in [5, 5.41) is 7.81. The van der Waals surface area contributed by atoms with Crippen LogP contribution in [0.4, 0.5) is 0 Å². The number of benzene rings is 3. The molecule has 4 rings (SSSR count). The third-order valence-electron chi connectivity index (χ3n) is 5.51. The van der Waals surface area contributed by atoms with Crippen LogP contribution in [0.3, 0.4) is 0 Å². The molecule has 0 saturated heterocycles. The van der Waals surface area contributed by atoms with Gasteiger partial charge in [0, 0.05) is 18.2 Å². The van der Waals surface area contributed by atoms with Gasteiger partial charge in [0.25, 0.3) is 5.91 Å². The van der Waals surface area contributed by atoms with Gasteiger partial charge in [-0.3, -0.25) is 4.79 Å². The lowest BCUT2D eigenvalue weighted by Gasteiger charge is -2.10. The molecule has 0 unspecified atom stereocenters. The van der Waals surface area contributed by atoms with Crippen molar-refractivity contribution in [2.75, 3.05) is 0 Å². The van der Waals surface area contributed by atoms with E-state index < -0.39 is 30.7 Å². The molecule has 0 spiro atoms. The molecular weight excluding hydrogens is 512 g/mol. The minimum absolute atomic E-state index is 0.0305. The molecule has 0 aliphatic heterocycles. The van der Waals surface area contributed by atoms with E-state index in [1.54, 1.807) is 24.3 Å². The third-order valence-corrected chi connectivity index (χ3v) is 8.21. The number of carbonyl (C=O) groups excluding carboxylic acids is 1. The zero-order valence-electron chi connectivity index (χ0n) is 19.8. The number of primary sulfonamides is 1. The molecule has 3 aromatic carbocycles. The number of furan rings is 1. The van der Waals surface area contributed by atoms with E-state index in [2.05, 4.69) is 5.32 Å². The summed E-state index contributed by atoms with van der Waals surface area (Å²) in [6.45, 7) is 2.09. The van der Waals surface area contributed by atoms with Crippen LogP contribution in [0.5, 0.6) is 0 Å². The number of sulfonamides is 1. The summed E-state index contributed by atoms with van der Waals surface area (Å²) in [5.41, 5.74) is 2.43. The second-order valence-corrected chi connectivity index (χ2v) is 11.7. The summed E-state index contributed by atoms with van der Waals surface area (Å²) < 4.78 is 55.6. The first-order chi connectivity index (χ1) is 17.5. The normalized spacial score (nSPS) is 12.3. The summed E-state index contributed by atoms with van der Waals surface area (Å²) in [6, 6.07) is 24.0. The Labute approximate surface area is 215 Å². The van der Waals surface area contributed by atoms with E-state index in [9.17, 15) is 21.6 Å². The van der Waals surface area contributed by atoms with Crippen molar-refractivity contribution >= 4 is 31.8 Å². The number of hydrogen-bond acceptors (Lipinski definition) is 6. The first-order valence-corrected chi connectivity index (χ1v) is 14.2. The maximum Gasteiger partial charge on any atom is 0.263 e. The van der Waals surface area contributed by atoms with Crippen LogP contribution in [0, 0.1) is 6.92 Å². The van der Waals surface area contributed by atoms with Gasteiger partial charge in [0.1, 0.15) is 16.4 Å².